The molecular formula is C16H21FN4O. The van der Waals surface area contributed by atoms with Crippen LogP contribution in [0.25, 0.3) is 10.9 Å². The van der Waals surface area contributed by atoms with Crippen molar-refractivity contribution in [2.45, 2.75) is 32.0 Å². The molecule has 3 rings (SSSR count). The highest BCUT2D eigenvalue weighted by molar-refractivity contribution is 5.88. The molecule has 5 nitrogen and oxygen atoms in total. The van der Waals surface area contributed by atoms with Crippen molar-refractivity contribution in [3.63, 3.8) is 0 Å². The number of benzene rings is 1. The van der Waals surface area contributed by atoms with Gasteiger partial charge in [-0.15, -0.1) is 0 Å². The van der Waals surface area contributed by atoms with Gasteiger partial charge < -0.3 is 10.1 Å². The Kier molecular flexibility index (Phi) is 4.22. The van der Waals surface area contributed by atoms with E-state index in [9.17, 15) is 4.39 Å². The van der Waals surface area contributed by atoms with Crippen LogP contribution >= 0.6 is 0 Å². The molecule has 0 radical (unpaired) electrons. The lowest BCUT2D eigenvalue weighted by atomic mass is 10.2. The van der Waals surface area contributed by atoms with Crippen LogP contribution in [0.3, 0.4) is 0 Å². The van der Waals surface area contributed by atoms with Crippen LogP contribution in [-0.4, -0.2) is 53.3 Å². The van der Waals surface area contributed by atoms with Crippen molar-refractivity contribution in [3.05, 3.63) is 30.3 Å². The second-order valence-electron chi connectivity index (χ2n) is 5.96. The number of anilines is 1. The zero-order valence-electron chi connectivity index (χ0n) is 13.1. The Hall–Kier alpha value is -1.79. The van der Waals surface area contributed by atoms with E-state index < -0.39 is 0 Å². The smallest absolute Gasteiger partial charge is 0.137 e. The van der Waals surface area contributed by atoms with Crippen LogP contribution in [0.5, 0.6) is 0 Å². The minimum absolute atomic E-state index is 0.105. The SMILES string of the molecule is CO[C@H]1CN(C(C)C)C[C@@H]1Nc1ncnc2cc(F)ccc12. The lowest BCUT2D eigenvalue weighted by Crippen LogP contribution is -2.34. The lowest BCUT2D eigenvalue weighted by molar-refractivity contribution is 0.0983. The van der Waals surface area contributed by atoms with Crippen molar-refractivity contribution < 1.29 is 9.13 Å². The van der Waals surface area contributed by atoms with Gasteiger partial charge in [-0.3, -0.25) is 4.90 Å². The first-order chi connectivity index (χ1) is 10.6. The molecule has 0 amide bonds. The predicted octanol–water partition coefficient (Wildman–Crippen LogP) is 2.29. The Morgan fingerprint density at radius 2 is 2.14 bits per heavy atom. The molecule has 1 N–H and O–H groups in total. The zero-order valence-corrected chi connectivity index (χ0v) is 13.1. The maximum absolute atomic E-state index is 13.3. The monoisotopic (exact) mass is 304 g/mol. The Balaban J connectivity index is 1.86. The highest BCUT2D eigenvalue weighted by atomic mass is 19.1. The van der Waals surface area contributed by atoms with Crippen LogP contribution in [0.15, 0.2) is 24.5 Å². The van der Waals surface area contributed by atoms with Crippen molar-refractivity contribution in [1.82, 2.24) is 14.9 Å². The molecule has 0 saturated carbocycles. The van der Waals surface area contributed by atoms with E-state index >= 15 is 0 Å². The molecule has 1 fully saturated rings. The summed E-state index contributed by atoms with van der Waals surface area (Å²) in [6, 6.07) is 5.19. The Morgan fingerprint density at radius 1 is 1.32 bits per heavy atom. The number of hydrogen-bond donors (Lipinski definition) is 1. The van der Waals surface area contributed by atoms with Crippen molar-refractivity contribution >= 4 is 16.7 Å². The molecule has 22 heavy (non-hydrogen) atoms. The van der Waals surface area contributed by atoms with Gasteiger partial charge in [-0.1, -0.05) is 0 Å². The minimum Gasteiger partial charge on any atom is -0.378 e. The van der Waals surface area contributed by atoms with Gasteiger partial charge >= 0.3 is 0 Å². The molecule has 1 aliphatic heterocycles. The van der Waals surface area contributed by atoms with Crippen molar-refractivity contribution in [2.24, 2.45) is 0 Å². The zero-order chi connectivity index (χ0) is 15.7. The fourth-order valence-corrected chi connectivity index (χ4v) is 2.92. The third-order valence-electron chi connectivity index (χ3n) is 4.25. The van der Waals surface area contributed by atoms with Gasteiger partial charge in [0.25, 0.3) is 0 Å². The van der Waals surface area contributed by atoms with Crippen molar-refractivity contribution in [3.8, 4) is 0 Å². The summed E-state index contributed by atoms with van der Waals surface area (Å²) in [5.74, 6) is 0.432. The topological polar surface area (TPSA) is 50.3 Å². The van der Waals surface area contributed by atoms with Crippen LogP contribution in [0.1, 0.15) is 13.8 Å². The predicted molar refractivity (Wildman–Crippen MR) is 84.4 cm³/mol. The normalized spacial score (nSPS) is 22.6. The maximum atomic E-state index is 13.3. The van der Waals surface area contributed by atoms with Crippen LogP contribution in [-0.2, 0) is 4.74 Å². The summed E-state index contributed by atoms with van der Waals surface area (Å²) in [4.78, 5) is 10.8. The Morgan fingerprint density at radius 3 is 2.86 bits per heavy atom. The van der Waals surface area contributed by atoms with Gasteiger partial charge in [0.05, 0.1) is 17.7 Å². The lowest BCUT2D eigenvalue weighted by Gasteiger charge is -2.20. The standard InChI is InChI=1S/C16H21FN4O/c1-10(2)21-7-14(15(8-21)22-3)20-16-12-5-4-11(17)6-13(12)18-9-19-16/h4-6,9-10,14-15H,7-8H2,1-3H3,(H,18,19,20)/t14-,15-/m0/s1. The Labute approximate surface area is 129 Å². The van der Waals surface area contributed by atoms with E-state index in [1.165, 1.54) is 18.5 Å². The molecule has 0 bridgehead atoms. The first-order valence-electron chi connectivity index (χ1n) is 7.52. The van der Waals surface area contributed by atoms with Crippen molar-refractivity contribution in [2.75, 3.05) is 25.5 Å². The molecule has 118 valence electrons. The number of aromatic nitrogens is 2. The summed E-state index contributed by atoms with van der Waals surface area (Å²) < 4.78 is 18.9. The number of likely N-dealkylation sites (tertiary alicyclic amines) is 1. The average molecular weight is 304 g/mol. The maximum Gasteiger partial charge on any atom is 0.137 e. The van der Waals surface area contributed by atoms with E-state index in [1.54, 1.807) is 13.2 Å². The summed E-state index contributed by atoms with van der Waals surface area (Å²) in [5, 5.41) is 4.27. The summed E-state index contributed by atoms with van der Waals surface area (Å²) >= 11 is 0. The summed E-state index contributed by atoms with van der Waals surface area (Å²) in [6.07, 6.45) is 1.56. The highest BCUT2D eigenvalue weighted by Crippen LogP contribution is 2.24. The molecule has 1 aliphatic rings. The number of methoxy groups -OCH3 is 1. The third kappa shape index (κ3) is 2.89. The number of hydrogen-bond acceptors (Lipinski definition) is 5. The quantitative estimate of drug-likeness (QED) is 0.939. The van der Waals surface area contributed by atoms with E-state index in [0.29, 0.717) is 11.6 Å². The van der Waals surface area contributed by atoms with E-state index in [2.05, 4.69) is 34.0 Å². The molecule has 0 unspecified atom stereocenters. The largest absolute Gasteiger partial charge is 0.378 e. The third-order valence-corrected chi connectivity index (χ3v) is 4.25. The molecule has 0 spiro atoms. The van der Waals surface area contributed by atoms with Gasteiger partial charge in [0.2, 0.25) is 0 Å². The van der Waals surface area contributed by atoms with Gasteiger partial charge in [-0.25, -0.2) is 14.4 Å². The van der Waals surface area contributed by atoms with Gasteiger partial charge in [0, 0.05) is 37.7 Å². The number of ether oxygens (including phenoxy) is 1. The first-order valence-corrected chi connectivity index (χ1v) is 7.52. The molecule has 2 aromatic rings. The average Bonchev–Trinajstić information content (AvgIpc) is 2.90. The first kappa shape index (κ1) is 15.1. The summed E-state index contributed by atoms with van der Waals surface area (Å²) in [7, 11) is 1.73. The molecule has 0 aliphatic carbocycles. The number of rotatable bonds is 4. The van der Waals surface area contributed by atoms with Crippen LogP contribution in [0.4, 0.5) is 10.2 Å². The van der Waals surface area contributed by atoms with Gasteiger partial charge in [0.1, 0.15) is 18.0 Å². The molecule has 1 aromatic carbocycles. The van der Waals surface area contributed by atoms with Crippen LogP contribution < -0.4 is 5.32 Å². The summed E-state index contributed by atoms with van der Waals surface area (Å²) in [6.45, 7) is 6.14. The number of fused-ring (bicyclic) bond motifs is 1. The molecule has 1 saturated heterocycles. The molecule has 1 aromatic heterocycles. The van der Waals surface area contributed by atoms with Crippen molar-refractivity contribution in [1.29, 1.82) is 0 Å². The number of halogens is 1. The molecule has 2 atom stereocenters. The fourth-order valence-electron chi connectivity index (χ4n) is 2.92. The number of nitrogens with zero attached hydrogens (tertiary/aromatic N) is 3. The van der Waals surface area contributed by atoms with E-state index in [4.69, 9.17) is 4.74 Å². The van der Waals surface area contributed by atoms with E-state index in [0.717, 1.165) is 24.3 Å². The molecular weight excluding hydrogens is 283 g/mol. The second kappa shape index (κ2) is 6.14. The van der Waals surface area contributed by atoms with Gasteiger partial charge in [0.15, 0.2) is 0 Å². The van der Waals surface area contributed by atoms with Gasteiger partial charge in [-0.2, -0.15) is 0 Å². The fraction of sp³-hybridized carbons (Fsp3) is 0.500. The summed E-state index contributed by atoms with van der Waals surface area (Å²) in [5.41, 5.74) is 0.602. The second-order valence-corrected chi connectivity index (χ2v) is 5.96. The van der Waals surface area contributed by atoms with Crippen LogP contribution in [0.2, 0.25) is 0 Å². The van der Waals surface area contributed by atoms with Crippen LogP contribution in [0, 0.1) is 5.82 Å². The number of nitrogens with one attached hydrogen (secondary N) is 1. The molecule has 2 heterocycles. The molecule has 6 heteroatoms. The highest BCUT2D eigenvalue weighted by Gasteiger charge is 2.34. The van der Waals surface area contributed by atoms with E-state index in [-0.39, 0.29) is 18.0 Å². The Bertz CT molecular complexity index is 664. The van der Waals surface area contributed by atoms with E-state index in [1.807, 2.05) is 0 Å². The van der Waals surface area contributed by atoms with Gasteiger partial charge in [-0.05, 0) is 26.0 Å². The minimum atomic E-state index is -0.293.